The molecule has 0 unspecified atom stereocenters. The summed E-state index contributed by atoms with van der Waals surface area (Å²) in [7, 11) is 0. The summed E-state index contributed by atoms with van der Waals surface area (Å²) in [6.07, 6.45) is 1.89. The van der Waals surface area contributed by atoms with Crippen LogP contribution < -0.4 is 5.32 Å². The number of hydrogen-bond acceptors (Lipinski definition) is 2. The fourth-order valence-electron chi connectivity index (χ4n) is 1.73. The quantitative estimate of drug-likeness (QED) is 0.904. The van der Waals surface area contributed by atoms with Gasteiger partial charge in [0.15, 0.2) is 0 Å². The Labute approximate surface area is 108 Å². The number of nitrogens with zero attached hydrogens (tertiary/aromatic N) is 2. The van der Waals surface area contributed by atoms with E-state index in [9.17, 15) is 0 Å². The summed E-state index contributed by atoms with van der Waals surface area (Å²) >= 11 is 0. The summed E-state index contributed by atoms with van der Waals surface area (Å²) in [4.78, 5) is 0. The number of benzene rings is 1. The van der Waals surface area contributed by atoms with Crippen molar-refractivity contribution in [3.63, 3.8) is 0 Å². The Kier molecular flexibility index (Phi) is 5.04. The van der Waals surface area contributed by atoms with Gasteiger partial charge in [-0.3, -0.25) is 4.68 Å². The van der Waals surface area contributed by atoms with Crippen molar-refractivity contribution in [1.29, 1.82) is 0 Å². The van der Waals surface area contributed by atoms with Crippen molar-refractivity contribution in [3.8, 4) is 0 Å². The van der Waals surface area contributed by atoms with E-state index < -0.39 is 0 Å². The first-order valence-electron chi connectivity index (χ1n) is 5.61. The van der Waals surface area contributed by atoms with Gasteiger partial charge in [-0.1, -0.05) is 30.3 Å². The molecule has 1 N–H and O–H groups in total. The molecule has 0 radical (unpaired) electrons. The Morgan fingerprint density at radius 2 is 1.94 bits per heavy atom. The van der Waals surface area contributed by atoms with Crippen LogP contribution >= 0.6 is 12.4 Å². The van der Waals surface area contributed by atoms with Crippen molar-refractivity contribution < 1.29 is 0 Å². The number of anilines is 1. The van der Waals surface area contributed by atoms with E-state index >= 15 is 0 Å². The maximum Gasteiger partial charge on any atom is 0.0758 e. The number of halogens is 1. The van der Waals surface area contributed by atoms with Crippen LogP contribution in [-0.4, -0.2) is 9.78 Å². The number of rotatable bonds is 4. The molecule has 1 heterocycles. The molecular weight excluding hydrogens is 234 g/mol. The molecule has 2 rings (SSSR count). The molecule has 0 spiro atoms. The summed E-state index contributed by atoms with van der Waals surface area (Å²) < 4.78 is 1.99. The van der Waals surface area contributed by atoms with E-state index in [1.807, 2.05) is 16.9 Å². The molecule has 0 fully saturated rings. The highest BCUT2D eigenvalue weighted by Gasteiger charge is 2.03. The standard InChI is InChI=1S/C13H17N3.ClH/c1-3-16-11(2)13(10-15-16)14-9-12-7-5-4-6-8-12;/h4-8,10,14H,3,9H2,1-2H3;1H. The Bertz CT molecular complexity index is 451. The first kappa shape index (κ1) is 13.6. The topological polar surface area (TPSA) is 29.9 Å². The second-order valence-electron chi connectivity index (χ2n) is 3.80. The molecular formula is C13H18ClN3. The summed E-state index contributed by atoms with van der Waals surface area (Å²) in [5.41, 5.74) is 3.59. The summed E-state index contributed by atoms with van der Waals surface area (Å²) in [6, 6.07) is 10.4. The van der Waals surface area contributed by atoms with E-state index in [-0.39, 0.29) is 12.4 Å². The van der Waals surface area contributed by atoms with Gasteiger partial charge in [-0.2, -0.15) is 5.10 Å². The lowest BCUT2D eigenvalue weighted by atomic mass is 10.2. The molecule has 3 nitrogen and oxygen atoms in total. The smallest absolute Gasteiger partial charge is 0.0758 e. The monoisotopic (exact) mass is 251 g/mol. The lowest BCUT2D eigenvalue weighted by molar-refractivity contribution is 0.640. The van der Waals surface area contributed by atoms with Gasteiger partial charge in [-0.25, -0.2) is 0 Å². The van der Waals surface area contributed by atoms with Gasteiger partial charge in [0.25, 0.3) is 0 Å². The van der Waals surface area contributed by atoms with Gasteiger partial charge in [0.05, 0.1) is 17.6 Å². The summed E-state index contributed by atoms with van der Waals surface area (Å²) in [6.45, 7) is 5.95. The molecule has 1 aromatic carbocycles. The molecule has 92 valence electrons. The Hall–Kier alpha value is -1.48. The van der Waals surface area contributed by atoms with Crippen LogP contribution in [0.4, 0.5) is 5.69 Å². The molecule has 0 saturated carbocycles. The van der Waals surface area contributed by atoms with Crippen LogP contribution in [0.5, 0.6) is 0 Å². The van der Waals surface area contributed by atoms with Crippen LogP contribution in [0.25, 0.3) is 0 Å². The Morgan fingerprint density at radius 1 is 1.24 bits per heavy atom. The van der Waals surface area contributed by atoms with E-state index in [4.69, 9.17) is 0 Å². The first-order valence-corrected chi connectivity index (χ1v) is 5.61. The van der Waals surface area contributed by atoms with Crippen LogP contribution in [0.3, 0.4) is 0 Å². The van der Waals surface area contributed by atoms with Crippen molar-refractivity contribution in [1.82, 2.24) is 9.78 Å². The fraction of sp³-hybridized carbons (Fsp3) is 0.308. The molecule has 0 aliphatic rings. The van der Waals surface area contributed by atoms with Gasteiger partial charge < -0.3 is 5.32 Å². The van der Waals surface area contributed by atoms with E-state index in [0.29, 0.717) is 0 Å². The zero-order valence-electron chi connectivity index (χ0n) is 10.2. The lowest BCUT2D eigenvalue weighted by Gasteiger charge is -2.06. The molecule has 1 aromatic heterocycles. The van der Waals surface area contributed by atoms with Gasteiger partial charge in [-0.05, 0) is 19.4 Å². The highest BCUT2D eigenvalue weighted by atomic mass is 35.5. The first-order chi connectivity index (χ1) is 7.81. The van der Waals surface area contributed by atoms with Gasteiger partial charge in [-0.15, -0.1) is 12.4 Å². The number of nitrogens with one attached hydrogen (secondary N) is 1. The van der Waals surface area contributed by atoms with Gasteiger partial charge in [0, 0.05) is 13.1 Å². The van der Waals surface area contributed by atoms with Gasteiger partial charge >= 0.3 is 0 Å². The average Bonchev–Trinajstić information content (AvgIpc) is 2.69. The molecule has 17 heavy (non-hydrogen) atoms. The number of hydrogen-bond donors (Lipinski definition) is 1. The highest BCUT2D eigenvalue weighted by Crippen LogP contribution is 2.14. The molecule has 2 aromatic rings. The molecule has 0 saturated heterocycles. The summed E-state index contributed by atoms with van der Waals surface area (Å²) in [5, 5.41) is 7.70. The van der Waals surface area contributed by atoms with Gasteiger partial charge in [0.1, 0.15) is 0 Å². The third kappa shape index (κ3) is 3.24. The molecule has 0 atom stereocenters. The largest absolute Gasteiger partial charge is 0.378 e. The lowest BCUT2D eigenvalue weighted by Crippen LogP contribution is -2.02. The number of aryl methyl sites for hydroxylation is 1. The van der Waals surface area contributed by atoms with Crippen molar-refractivity contribution in [2.24, 2.45) is 0 Å². The van der Waals surface area contributed by atoms with E-state index in [0.717, 1.165) is 18.8 Å². The van der Waals surface area contributed by atoms with Crippen LogP contribution in [-0.2, 0) is 13.1 Å². The van der Waals surface area contributed by atoms with E-state index in [1.54, 1.807) is 0 Å². The maximum atomic E-state index is 4.30. The van der Waals surface area contributed by atoms with Crippen LogP contribution in [0.1, 0.15) is 18.2 Å². The van der Waals surface area contributed by atoms with Crippen LogP contribution in [0.15, 0.2) is 36.5 Å². The second-order valence-corrected chi connectivity index (χ2v) is 3.80. The van der Waals surface area contributed by atoms with E-state index in [2.05, 4.69) is 48.5 Å². The van der Waals surface area contributed by atoms with Crippen molar-refractivity contribution in [3.05, 3.63) is 47.8 Å². The molecule has 0 bridgehead atoms. The zero-order valence-corrected chi connectivity index (χ0v) is 11.0. The minimum Gasteiger partial charge on any atom is -0.378 e. The van der Waals surface area contributed by atoms with Crippen molar-refractivity contribution >= 4 is 18.1 Å². The van der Waals surface area contributed by atoms with Crippen molar-refractivity contribution in [2.45, 2.75) is 26.9 Å². The second kappa shape index (κ2) is 6.30. The minimum absolute atomic E-state index is 0. The third-order valence-corrected chi connectivity index (χ3v) is 2.73. The number of aromatic nitrogens is 2. The van der Waals surface area contributed by atoms with E-state index in [1.165, 1.54) is 11.3 Å². The predicted molar refractivity (Wildman–Crippen MR) is 73.7 cm³/mol. The molecule has 0 aliphatic carbocycles. The zero-order chi connectivity index (χ0) is 11.4. The van der Waals surface area contributed by atoms with Crippen molar-refractivity contribution in [2.75, 3.05) is 5.32 Å². The highest BCUT2D eigenvalue weighted by molar-refractivity contribution is 5.85. The third-order valence-electron chi connectivity index (χ3n) is 2.73. The molecule has 0 aliphatic heterocycles. The Morgan fingerprint density at radius 3 is 2.53 bits per heavy atom. The van der Waals surface area contributed by atoms with Gasteiger partial charge in [0.2, 0.25) is 0 Å². The molecule has 0 amide bonds. The van der Waals surface area contributed by atoms with Crippen LogP contribution in [0, 0.1) is 6.92 Å². The molecule has 4 heteroatoms. The SMILES string of the molecule is CCn1ncc(NCc2ccccc2)c1C.Cl. The average molecular weight is 252 g/mol. The van der Waals surface area contributed by atoms with Crippen LogP contribution in [0.2, 0.25) is 0 Å². The minimum atomic E-state index is 0. The Balaban J connectivity index is 0.00000144. The summed E-state index contributed by atoms with van der Waals surface area (Å²) in [5.74, 6) is 0. The maximum absolute atomic E-state index is 4.30. The predicted octanol–water partition coefficient (Wildman–Crippen LogP) is 3.25. The fourth-order valence-corrected chi connectivity index (χ4v) is 1.73. The normalized spacial score (nSPS) is 9.76.